The second-order valence-corrected chi connectivity index (χ2v) is 12.0. The molecule has 0 atom stereocenters. The Hall–Kier alpha value is -4.02. The van der Waals surface area contributed by atoms with Crippen molar-refractivity contribution in [3.63, 3.8) is 0 Å². The third-order valence-electron chi connectivity index (χ3n) is 9.39. The normalized spacial score (nSPS) is 20.5. The summed E-state index contributed by atoms with van der Waals surface area (Å²) < 4.78 is 18.9. The fourth-order valence-electron chi connectivity index (χ4n) is 6.80. The van der Waals surface area contributed by atoms with Crippen molar-refractivity contribution in [1.29, 1.82) is 0 Å². The maximum atomic E-state index is 14.7. The van der Waals surface area contributed by atoms with Crippen LogP contribution in [0.5, 0.6) is 0 Å². The summed E-state index contributed by atoms with van der Waals surface area (Å²) in [6, 6.07) is 12.9. The van der Waals surface area contributed by atoms with E-state index in [1.54, 1.807) is 19.3 Å². The number of nitrogens with zero attached hydrogens (tertiary/aromatic N) is 7. The maximum Gasteiger partial charge on any atom is 0.208 e. The van der Waals surface area contributed by atoms with E-state index in [9.17, 15) is 4.39 Å². The first-order valence-electron chi connectivity index (χ1n) is 14.9. The Balaban J connectivity index is 1.13. The number of nitrogens with two attached hydrogens (primary N) is 1. The molecular weight excluding hydrogens is 529 g/mol. The number of piperazine rings is 1. The smallest absolute Gasteiger partial charge is 0.208 e. The Morgan fingerprint density at radius 3 is 2.36 bits per heavy atom. The van der Waals surface area contributed by atoms with Crippen LogP contribution in [-0.2, 0) is 7.05 Å². The first-order chi connectivity index (χ1) is 20.4. The molecule has 0 spiro atoms. The molecule has 0 amide bonds. The van der Waals surface area contributed by atoms with E-state index in [4.69, 9.17) is 10.7 Å². The van der Waals surface area contributed by atoms with Crippen molar-refractivity contribution in [3.05, 3.63) is 60.3 Å². The van der Waals surface area contributed by atoms with Gasteiger partial charge in [0.25, 0.3) is 0 Å². The lowest BCUT2D eigenvalue weighted by Crippen LogP contribution is -2.49. The monoisotopic (exact) mass is 567 g/mol. The van der Waals surface area contributed by atoms with Gasteiger partial charge in [-0.15, -0.1) is 0 Å². The summed E-state index contributed by atoms with van der Waals surface area (Å²) in [6.07, 6.45) is 8.46. The molecule has 3 aromatic heterocycles. The van der Waals surface area contributed by atoms with Gasteiger partial charge >= 0.3 is 0 Å². The molecule has 10 heteroatoms. The SMILES string of the molecule is Cc1ccc2c(nc(Nc3ccc(-c4cn([C@H]5CC[C@@H](N6CCN(C)CC6)CC5)c5ncnc(N)c45)cc3)n2C)c1F. The fourth-order valence-corrected chi connectivity index (χ4v) is 6.80. The van der Waals surface area contributed by atoms with E-state index in [0.29, 0.717) is 34.9 Å². The van der Waals surface area contributed by atoms with Gasteiger partial charge in [-0.1, -0.05) is 18.2 Å². The van der Waals surface area contributed by atoms with Crippen molar-refractivity contribution in [2.24, 2.45) is 7.05 Å². The van der Waals surface area contributed by atoms with E-state index in [-0.39, 0.29) is 5.82 Å². The minimum atomic E-state index is -0.282. The average Bonchev–Trinajstić information content (AvgIpc) is 3.55. The van der Waals surface area contributed by atoms with Gasteiger partial charge in [0.15, 0.2) is 5.82 Å². The minimum Gasteiger partial charge on any atom is -0.383 e. The Bertz CT molecular complexity index is 1740. The summed E-state index contributed by atoms with van der Waals surface area (Å²) in [7, 11) is 4.10. The zero-order valence-corrected chi connectivity index (χ0v) is 24.5. The summed E-state index contributed by atoms with van der Waals surface area (Å²) in [5, 5.41) is 4.25. The molecular formula is C32H38FN9. The number of aryl methyl sites for hydroxylation is 2. The average molecular weight is 568 g/mol. The highest BCUT2D eigenvalue weighted by molar-refractivity contribution is 6.00. The van der Waals surface area contributed by atoms with Crippen LogP contribution >= 0.6 is 0 Å². The number of fused-ring (bicyclic) bond motifs is 2. The van der Waals surface area contributed by atoms with Crippen LogP contribution in [0.3, 0.4) is 0 Å². The van der Waals surface area contributed by atoms with E-state index in [1.165, 1.54) is 25.9 Å². The Labute approximate surface area is 245 Å². The van der Waals surface area contributed by atoms with Crippen molar-refractivity contribution >= 4 is 39.5 Å². The second kappa shape index (κ2) is 10.7. The van der Waals surface area contributed by atoms with Gasteiger partial charge in [-0.3, -0.25) is 4.90 Å². The van der Waals surface area contributed by atoms with Crippen molar-refractivity contribution < 1.29 is 4.39 Å². The molecule has 5 aromatic rings. The van der Waals surface area contributed by atoms with Gasteiger partial charge in [0.05, 0.1) is 10.9 Å². The van der Waals surface area contributed by atoms with Crippen LogP contribution in [0.25, 0.3) is 33.2 Å². The van der Waals surface area contributed by atoms with Crippen LogP contribution in [0, 0.1) is 12.7 Å². The van der Waals surface area contributed by atoms with E-state index in [2.05, 4.69) is 55.0 Å². The van der Waals surface area contributed by atoms with Gasteiger partial charge in [0.1, 0.15) is 23.3 Å². The summed E-state index contributed by atoms with van der Waals surface area (Å²) in [4.78, 5) is 18.7. The quantitative estimate of drug-likeness (QED) is 0.290. The van der Waals surface area contributed by atoms with Crippen molar-refractivity contribution in [2.45, 2.75) is 44.7 Å². The molecule has 218 valence electrons. The predicted octanol–water partition coefficient (Wildman–Crippen LogP) is 5.49. The molecule has 1 aliphatic heterocycles. The standard InChI is InChI=1S/C32H38FN9/c1-20-4-13-26-29(28(20)33)38-32(40(26)3)37-22-7-5-21(6-8-22)25-18-42(31-27(25)30(34)35-19-36-31)24-11-9-23(10-12-24)41-16-14-39(2)15-17-41/h4-8,13,18-19,23-24H,9-12,14-17H2,1-3H3,(H,37,38)(H2,34,35,36)/t23-,24+. The summed E-state index contributed by atoms with van der Waals surface area (Å²) in [5.41, 5.74) is 12.0. The van der Waals surface area contributed by atoms with E-state index in [0.717, 1.165) is 59.3 Å². The molecule has 4 heterocycles. The second-order valence-electron chi connectivity index (χ2n) is 12.0. The highest BCUT2D eigenvalue weighted by atomic mass is 19.1. The maximum absolute atomic E-state index is 14.7. The van der Waals surface area contributed by atoms with Gasteiger partial charge < -0.3 is 25.1 Å². The number of halogens is 1. The van der Waals surface area contributed by atoms with Crippen LogP contribution in [0.15, 0.2) is 48.9 Å². The lowest BCUT2D eigenvalue weighted by Gasteiger charge is -2.41. The highest BCUT2D eigenvalue weighted by Crippen LogP contribution is 2.39. The first-order valence-corrected chi connectivity index (χ1v) is 14.9. The van der Waals surface area contributed by atoms with Gasteiger partial charge in [0, 0.05) is 62.8 Å². The van der Waals surface area contributed by atoms with Crippen LogP contribution in [-0.4, -0.2) is 73.2 Å². The highest BCUT2D eigenvalue weighted by Gasteiger charge is 2.30. The van der Waals surface area contributed by atoms with Crippen molar-refractivity contribution in [2.75, 3.05) is 44.3 Å². The van der Waals surface area contributed by atoms with Crippen LogP contribution < -0.4 is 11.1 Å². The molecule has 2 aliphatic rings. The third kappa shape index (κ3) is 4.68. The molecule has 1 saturated carbocycles. The number of aromatic nitrogens is 5. The molecule has 42 heavy (non-hydrogen) atoms. The van der Waals surface area contributed by atoms with Crippen LogP contribution in [0.4, 0.5) is 21.8 Å². The van der Waals surface area contributed by atoms with E-state index < -0.39 is 0 Å². The lowest BCUT2D eigenvalue weighted by molar-refractivity contribution is 0.0828. The zero-order chi connectivity index (χ0) is 29.0. The summed E-state index contributed by atoms with van der Waals surface area (Å²) in [6.45, 7) is 6.41. The van der Waals surface area contributed by atoms with Gasteiger partial charge in [-0.05, 0) is 69.0 Å². The Kier molecular flexibility index (Phi) is 6.82. The van der Waals surface area contributed by atoms with Crippen LogP contribution in [0.1, 0.15) is 37.3 Å². The van der Waals surface area contributed by atoms with Crippen molar-refractivity contribution in [1.82, 2.24) is 33.9 Å². The zero-order valence-electron chi connectivity index (χ0n) is 24.5. The molecule has 0 radical (unpaired) electrons. The number of imidazole rings is 1. The van der Waals surface area contributed by atoms with Crippen molar-refractivity contribution in [3.8, 4) is 11.1 Å². The fraction of sp³-hybridized carbons (Fsp3) is 0.406. The molecule has 1 saturated heterocycles. The molecule has 3 N–H and O–H groups in total. The number of hydrogen-bond donors (Lipinski definition) is 2. The van der Waals surface area contributed by atoms with Gasteiger partial charge in [-0.25, -0.2) is 19.3 Å². The molecule has 2 fully saturated rings. The number of benzene rings is 2. The number of nitrogens with one attached hydrogen (secondary N) is 1. The number of likely N-dealkylation sites (N-methyl/N-ethyl adjacent to an activating group) is 1. The molecule has 9 nitrogen and oxygen atoms in total. The largest absolute Gasteiger partial charge is 0.383 e. The van der Waals surface area contributed by atoms with E-state index >= 15 is 0 Å². The van der Waals surface area contributed by atoms with Gasteiger partial charge in [-0.2, -0.15) is 0 Å². The number of anilines is 3. The summed E-state index contributed by atoms with van der Waals surface area (Å²) in [5.74, 6) is 0.804. The molecule has 0 bridgehead atoms. The molecule has 7 rings (SSSR count). The predicted molar refractivity (Wildman–Crippen MR) is 166 cm³/mol. The number of nitrogen functional groups attached to an aromatic ring is 1. The number of rotatable bonds is 5. The molecule has 0 unspecified atom stereocenters. The Morgan fingerprint density at radius 2 is 1.62 bits per heavy atom. The van der Waals surface area contributed by atoms with E-state index in [1.807, 2.05) is 29.8 Å². The lowest BCUT2D eigenvalue weighted by atomic mass is 9.89. The van der Waals surface area contributed by atoms with Gasteiger partial charge in [0.2, 0.25) is 5.95 Å². The topological polar surface area (TPSA) is 93.1 Å². The molecule has 2 aromatic carbocycles. The minimum absolute atomic E-state index is 0.282. The third-order valence-corrected chi connectivity index (χ3v) is 9.39. The molecule has 1 aliphatic carbocycles. The number of hydrogen-bond acceptors (Lipinski definition) is 7. The first kappa shape index (κ1) is 26.9. The van der Waals surface area contributed by atoms with Crippen LogP contribution in [0.2, 0.25) is 0 Å². The summed E-state index contributed by atoms with van der Waals surface area (Å²) >= 11 is 0. The Morgan fingerprint density at radius 1 is 0.905 bits per heavy atom.